The number of benzene rings is 2. The summed E-state index contributed by atoms with van der Waals surface area (Å²) < 4.78 is 10.4. The zero-order valence-electron chi connectivity index (χ0n) is 12.7. The number of esters is 2. The second-order valence-corrected chi connectivity index (χ2v) is 5.03. The molecule has 0 heterocycles. The zero-order valence-corrected chi connectivity index (χ0v) is 12.7. The molecule has 0 aromatic heterocycles. The van der Waals surface area contributed by atoms with E-state index in [-0.39, 0.29) is 24.8 Å². The van der Waals surface area contributed by atoms with E-state index in [4.69, 9.17) is 9.47 Å². The van der Waals surface area contributed by atoms with Crippen molar-refractivity contribution in [3.8, 4) is 5.75 Å². The van der Waals surface area contributed by atoms with E-state index in [2.05, 4.69) is 0 Å². The van der Waals surface area contributed by atoms with Gasteiger partial charge in [0.05, 0.1) is 6.61 Å². The van der Waals surface area contributed by atoms with Gasteiger partial charge in [-0.25, -0.2) is 0 Å². The van der Waals surface area contributed by atoms with Crippen LogP contribution in [0.25, 0.3) is 10.8 Å². The second kappa shape index (κ2) is 8.17. The van der Waals surface area contributed by atoms with E-state index in [0.717, 1.165) is 17.2 Å². The Kier molecular flexibility index (Phi) is 5.95. The molecule has 0 fully saturated rings. The SMILES string of the molecule is CCCOC(=O)CCCC(=O)Oc1cccc2ccccc12. The molecule has 0 aliphatic rings. The van der Waals surface area contributed by atoms with Crippen LogP contribution in [0.2, 0.25) is 0 Å². The Hall–Kier alpha value is -2.36. The van der Waals surface area contributed by atoms with Crippen LogP contribution >= 0.6 is 0 Å². The molecule has 116 valence electrons. The van der Waals surface area contributed by atoms with E-state index in [9.17, 15) is 9.59 Å². The molecule has 0 saturated heterocycles. The zero-order chi connectivity index (χ0) is 15.8. The highest BCUT2D eigenvalue weighted by Crippen LogP contribution is 2.25. The van der Waals surface area contributed by atoms with Crippen molar-refractivity contribution in [3.63, 3.8) is 0 Å². The molecule has 0 saturated carbocycles. The lowest BCUT2D eigenvalue weighted by molar-refractivity contribution is -0.144. The van der Waals surface area contributed by atoms with Crippen LogP contribution in [-0.2, 0) is 14.3 Å². The fraction of sp³-hybridized carbons (Fsp3) is 0.333. The van der Waals surface area contributed by atoms with Crippen LogP contribution in [0.1, 0.15) is 32.6 Å². The van der Waals surface area contributed by atoms with Crippen LogP contribution in [-0.4, -0.2) is 18.5 Å². The van der Waals surface area contributed by atoms with Gasteiger partial charge in [0.15, 0.2) is 0 Å². The van der Waals surface area contributed by atoms with Crippen LogP contribution in [0, 0.1) is 0 Å². The molecule has 2 aromatic carbocycles. The van der Waals surface area contributed by atoms with Crippen molar-refractivity contribution in [1.29, 1.82) is 0 Å². The van der Waals surface area contributed by atoms with Gasteiger partial charge in [-0.3, -0.25) is 9.59 Å². The molecule has 0 unspecified atom stereocenters. The van der Waals surface area contributed by atoms with Gasteiger partial charge in [0.2, 0.25) is 0 Å². The lowest BCUT2D eigenvalue weighted by Gasteiger charge is -2.07. The maximum atomic E-state index is 11.9. The van der Waals surface area contributed by atoms with E-state index in [1.807, 2.05) is 43.3 Å². The van der Waals surface area contributed by atoms with Gasteiger partial charge in [-0.2, -0.15) is 0 Å². The van der Waals surface area contributed by atoms with Gasteiger partial charge in [0.25, 0.3) is 0 Å². The van der Waals surface area contributed by atoms with Gasteiger partial charge in [-0.15, -0.1) is 0 Å². The molecule has 0 aliphatic heterocycles. The average molecular weight is 300 g/mol. The van der Waals surface area contributed by atoms with Gasteiger partial charge in [0.1, 0.15) is 5.75 Å². The van der Waals surface area contributed by atoms with Crippen LogP contribution in [0.3, 0.4) is 0 Å². The fourth-order valence-corrected chi connectivity index (χ4v) is 2.12. The highest BCUT2D eigenvalue weighted by atomic mass is 16.5. The van der Waals surface area contributed by atoms with Crippen molar-refractivity contribution in [2.45, 2.75) is 32.6 Å². The van der Waals surface area contributed by atoms with E-state index < -0.39 is 0 Å². The summed E-state index contributed by atoms with van der Waals surface area (Å²) in [6.07, 6.45) is 1.68. The molecule has 22 heavy (non-hydrogen) atoms. The highest BCUT2D eigenvalue weighted by Gasteiger charge is 2.10. The van der Waals surface area contributed by atoms with E-state index in [1.165, 1.54) is 0 Å². The largest absolute Gasteiger partial charge is 0.466 e. The molecule has 2 aromatic rings. The van der Waals surface area contributed by atoms with Crippen molar-refractivity contribution in [1.82, 2.24) is 0 Å². The van der Waals surface area contributed by atoms with Crippen LogP contribution in [0.4, 0.5) is 0 Å². The first-order valence-electron chi connectivity index (χ1n) is 7.54. The summed E-state index contributed by atoms with van der Waals surface area (Å²) in [5.41, 5.74) is 0. The number of carbonyl (C=O) groups is 2. The maximum Gasteiger partial charge on any atom is 0.311 e. The van der Waals surface area contributed by atoms with Crippen molar-refractivity contribution < 1.29 is 19.1 Å². The Bertz CT molecular complexity index is 643. The predicted molar refractivity (Wildman–Crippen MR) is 84.7 cm³/mol. The minimum Gasteiger partial charge on any atom is -0.466 e. The lowest BCUT2D eigenvalue weighted by atomic mass is 10.1. The van der Waals surface area contributed by atoms with Crippen LogP contribution < -0.4 is 4.74 Å². The van der Waals surface area contributed by atoms with E-state index >= 15 is 0 Å². The summed E-state index contributed by atoms with van der Waals surface area (Å²) in [4.78, 5) is 23.2. The van der Waals surface area contributed by atoms with Crippen LogP contribution in [0.15, 0.2) is 42.5 Å². The third-order valence-electron chi connectivity index (χ3n) is 3.20. The number of hydrogen-bond acceptors (Lipinski definition) is 4. The minimum atomic E-state index is -0.334. The molecular weight excluding hydrogens is 280 g/mol. The third-order valence-corrected chi connectivity index (χ3v) is 3.20. The molecule has 4 heteroatoms. The first-order valence-corrected chi connectivity index (χ1v) is 7.54. The Morgan fingerprint density at radius 1 is 0.955 bits per heavy atom. The number of rotatable bonds is 7. The van der Waals surface area contributed by atoms with Gasteiger partial charge >= 0.3 is 11.9 Å². The quantitative estimate of drug-likeness (QED) is 0.575. The van der Waals surface area contributed by atoms with Crippen LogP contribution in [0.5, 0.6) is 5.75 Å². The van der Waals surface area contributed by atoms with Gasteiger partial charge in [0, 0.05) is 18.2 Å². The maximum absolute atomic E-state index is 11.9. The number of hydrogen-bond donors (Lipinski definition) is 0. The first kappa shape index (κ1) is 16.0. The Balaban J connectivity index is 1.85. The molecule has 0 radical (unpaired) electrons. The predicted octanol–water partition coefficient (Wildman–Crippen LogP) is 3.87. The van der Waals surface area contributed by atoms with E-state index in [1.54, 1.807) is 6.07 Å². The molecule has 0 atom stereocenters. The summed E-state index contributed by atoms with van der Waals surface area (Å²) in [7, 11) is 0. The monoisotopic (exact) mass is 300 g/mol. The first-order chi connectivity index (χ1) is 10.7. The molecule has 2 rings (SSSR count). The van der Waals surface area contributed by atoms with Gasteiger partial charge < -0.3 is 9.47 Å². The standard InChI is InChI=1S/C18H20O4/c1-2-13-21-17(19)11-6-12-18(20)22-16-10-5-8-14-7-3-4-9-15(14)16/h3-5,7-10H,2,6,11-13H2,1H3. The Morgan fingerprint density at radius 3 is 2.50 bits per heavy atom. The van der Waals surface area contributed by atoms with Crippen molar-refractivity contribution in [2.75, 3.05) is 6.61 Å². The highest BCUT2D eigenvalue weighted by molar-refractivity contribution is 5.90. The van der Waals surface area contributed by atoms with Crippen molar-refractivity contribution in [2.24, 2.45) is 0 Å². The summed E-state index contributed by atoms with van der Waals surface area (Å²) in [5.74, 6) is -0.0453. The summed E-state index contributed by atoms with van der Waals surface area (Å²) in [6, 6.07) is 13.3. The minimum absolute atomic E-state index is 0.199. The molecule has 0 bridgehead atoms. The second-order valence-electron chi connectivity index (χ2n) is 5.03. The number of carbonyl (C=O) groups excluding carboxylic acids is 2. The average Bonchev–Trinajstić information content (AvgIpc) is 2.53. The molecule has 0 amide bonds. The summed E-state index contributed by atoms with van der Waals surface area (Å²) >= 11 is 0. The summed E-state index contributed by atoms with van der Waals surface area (Å²) in [5, 5.41) is 1.93. The van der Waals surface area contributed by atoms with Crippen molar-refractivity contribution >= 4 is 22.7 Å². The topological polar surface area (TPSA) is 52.6 Å². The molecule has 0 aliphatic carbocycles. The fourth-order valence-electron chi connectivity index (χ4n) is 2.12. The lowest BCUT2D eigenvalue weighted by Crippen LogP contribution is -2.10. The molecule has 0 N–H and O–H groups in total. The molecular formula is C18H20O4. The third kappa shape index (κ3) is 4.58. The Labute approximate surface area is 130 Å². The number of fused-ring (bicyclic) bond motifs is 1. The normalized spacial score (nSPS) is 10.4. The summed E-state index contributed by atoms with van der Waals surface area (Å²) in [6.45, 7) is 2.37. The smallest absolute Gasteiger partial charge is 0.311 e. The molecule has 0 spiro atoms. The Morgan fingerprint density at radius 2 is 1.68 bits per heavy atom. The van der Waals surface area contributed by atoms with Gasteiger partial charge in [-0.1, -0.05) is 43.3 Å². The van der Waals surface area contributed by atoms with Crippen molar-refractivity contribution in [3.05, 3.63) is 42.5 Å². The van der Waals surface area contributed by atoms with Gasteiger partial charge in [-0.05, 0) is 24.3 Å². The number of ether oxygens (including phenoxy) is 2. The van der Waals surface area contributed by atoms with E-state index in [0.29, 0.717) is 18.8 Å². The molecule has 4 nitrogen and oxygen atoms in total.